The molecular formula is C28H33N3O4. The van der Waals surface area contributed by atoms with Gasteiger partial charge in [0.25, 0.3) is 0 Å². The van der Waals surface area contributed by atoms with Gasteiger partial charge < -0.3 is 15.2 Å². The predicted octanol–water partition coefficient (Wildman–Crippen LogP) is 4.95. The summed E-state index contributed by atoms with van der Waals surface area (Å²) in [6.07, 6.45) is 4.04. The maximum atomic E-state index is 12.6. The Morgan fingerprint density at radius 3 is 2.46 bits per heavy atom. The second-order valence-electron chi connectivity index (χ2n) is 8.32. The van der Waals surface area contributed by atoms with Gasteiger partial charge in [0.05, 0.1) is 5.69 Å². The molecule has 2 amide bonds. The van der Waals surface area contributed by atoms with Gasteiger partial charge in [0, 0.05) is 44.1 Å². The number of rotatable bonds is 12. The number of aliphatic carboxylic acids is 1. The molecule has 3 aromatic rings. The highest BCUT2D eigenvalue weighted by Gasteiger charge is 2.18. The highest BCUT2D eigenvalue weighted by atomic mass is 16.5. The van der Waals surface area contributed by atoms with Crippen LogP contribution in [0.3, 0.4) is 0 Å². The fraction of sp³-hybridized carbons (Fsp3) is 0.321. The SMILES string of the molecule is CCO[C@@H](Cc1ccc(-c2cc(N(C)C(=O)NCCCCc3ccccc3)ccn2)cc1)C(=O)O. The molecule has 1 heterocycles. The van der Waals surface area contributed by atoms with Crippen LogP contribution in [0.1, 0.15) is 30.9 Å². The molecule has 0 aliphatic rings. The van der Waals surface area contributed by atoms with Gasteiger partial charge in [-0.3, -0.25) is 9.88 Å². The van der Waals surface area contributed by atoms with E-state index in [1.165, 1.54) is 5.56 Å². The Balaban J connectivity index is 1.53. The number of ether oxygens (including phenoxy) is 1. The fourth-order valence-corrected chi connectivity index (χ4v) is 3.76. The minimum atomic E-state index is -0.970. The van der Waals surface area contributed by atoms with E-state index in [-0.39, 0.29) is 6.03 Å². The van der Waals surface area contributed by atoms with Crippen LogP contribution in [0.2, 0.25) is 0 Å². The van der Waals surface area contributed by atoms with E-state index >= 15 is 0 Å². The van der Waals surface area contributed by atoms with Crippen molar-refractivity contribution in [2.24, 2.45) is 0 Å². The number of amides is 2. The van der Waals surface area contributed by atoms with Crippen molar-refractivity contribution in [3.63, 3.8) is 0 Å². The van der Waals surface area contributed by atoms with Crippen LogP contribution in [0.25, 0.3) is 11.3 Å². The van der Waals surface area contributed by atoms with Crippen molar-refractivity contribution in [3.05, 3.63) is 84.1 Å². The van der Waals surface area contributed by atoms with Crippen LogP contribution in [0.4, 0.5) is 10.5 Å². The van der Waals surface area contributed by atoms with E-state index in [1.54, 1.807) is 31.1 Å². The summed E-state index contributed by atoms with van der Waals surface area (Å²) in [6.45, 7) is 2.75. The monoisotopic (exact) mass is 475 g/mol. The van der Waals surface area contributed by atoms with Crippen LogP contribution in [0.15, 0.2) is 72.9 Å². The first-order chi connectivity index (χ1) is 17.0. The van der Waals surface area contributed by atoms with Gasteiger partial charge in [-0.2, -0.15) is 0 Å². The molecule has 3 rings (SSSR count). The zero-order valence-electron chi connectivity index (χ0n) is 20.3. The highest BCUT2D eigenvalue weighted by molar-refractivity contribution is 5.91. The lowest BCUT2D eigenvalue weighted by Gasteiger charge is -2.19. The normalized spacial score (nSPS) is 11.6. The lowest BCUT2D eigenvalue weighted by atomic mass is 10.0. The fourth-order valence-electron chi connectivity index (χ4n) is 3.76. The summed E-state index contributed by atoms with van der Waals surface area (Å²) in [5, 5.41) is 12.3. The molecule has 35 heavy (non-hydrogen) atoms. The van der Waals surface area contributed by atoms with Gasteiger partial charge in [-0.05, 0) is 49.4 Å². The molecule has 0 fully saturated rings. The standard InChI is InChI=1S/C28H33N3O4/c1-3-35-26(27(32)33)19-22-12-14-23(15-13-22)25-20-24(16-18-29-25)31(2)28(34)30-17-8-7-11-21-9-5-4-6-10-21/h4-6,9-10,12-16,18,20,26H,3,7-8,11,17,19H2,1-2H3,(H,30,34)(H,32,33)/t26-/m0/s1. The Morgan fingerprint density at radius 1 is 1.03 bits per heavy atom. The number of nitrogens with one attached hydrogen (secondary N) is 1. The first-order valence-corrected chi connectivity index (χ1v) is 11.9. The second-order valence-corrected chi connectivity index (χ2v) is 8.32. The van der Waals surface area contributed by atoms with Gasteiger partial charge in [-0.25, -0.2) is 9.59 Å². The molecule has 7 nitrogen and oxygen atoms in total. The quantitative estimate of drug-likeness (QED) is 0.362. The molecule has 2 aromatic carbocycles. The van der Waals surface area contributed by atoms with Gasteiger partial charge in [0.1, 0.15) is 0 Å². The number of hydrogen-bond acceptors (Lipinski definition) is 4. The van der Waals surface area contributed by atoms with Gasteiger partial charge >= 0.3 is 12.0 Å². The Hall–Kier alpha value is -3.71. The van der Waals surface area contributed by atoms with Crippen molar-refractivity contribution in [2.75, 3.05) is 25.1 Å². The summed E-state index contributed by atoms with van der Waals surface area (Å²) >= 11 is 0. The van der Waals surface area contributed by atoms with E-state index in [4.69, 9.17) is 4.74 Å². The molecule has 0 saturated heterocycles. The minimum Gasteiger partial charge on any atom is -0.479 e. The van der Waals surface area contributed by atoms with Crippen molar-refractivity contribution >= 4 is 17.7 Å². The molecule has 0 saturated carbocycles. The molecule has 0 unspecified atom stereocenters. The summed E-state index contributed by atoms with van der Waals surface area (Å²) in [5.41, 5.74) is 4.53. The second kappa shape index (κ2) is 13.2. The number of carboxylic acids is 1. The predicted molar refractivity (Wildman–Crippen MR) is 138 cm³/mol. The Kier molecular flexibility index (Phi) is 9.80. The summed E-state index contributed by atoms with van der Waals surface area (Å²) in [5.74, 6) is -0.970. The summed E-state index contributed by atoms with van der Waals surface area (Å²) in [7, 11) is 1.74. The van der Waals surface area contributed by atoms with Gasteiger partial charge in [0.2, 0.25) is 0 Å². The summed E-state index contributed by atoms with van der Waals surface area (Å²) in [6, 6.07) is 21.4. The van der Waals surface area contributed by atoms with Crippen molar-refractivity contribution in [1.29, 1.82) is 0 Å². The van der Waals surface area contributed by atoms with Gasteiger partial charge in [-0.15, -0.1) is 0 Å². The molecule has 1 atom stereocenters. The molecular weight excluding hydrogens is 442 g/mol. The molecule has 2 N–H and O–H groups in total. The minimum absolute atomic E-state index is 0.159. The third kappa shape index (κ3) is 7.93. The third-order valence-corrected chi connectivity index (χ3v) is 5.76. The Labute approximate surface area is 206 Å². The number of nitrogens with zero attached hydrogens (tertiary/aromatic N) is 2. The van der Waals surface area contributed by atoms with Crippen LogP contribution in [0, 0.1) is 0 Å². The van der Waals surface area contributed by atoms with Crippen molar-refractivity contribution in [2.45, 2.75) is 38.7 Å². The lowest BCUT2D eigenvalue weighted by Crippen LogP contribution is -2.37. The van der Waals surface area contributed by atoms with E-state index in [0.29, 0.717) is 19.6 Å². The van der Waals surface area contributed by atoms with Crippen LogP contribution in [-0.2, 0) is 22.4 Å². The molecule has 0 aliphatic carbocycles. The Bertz CT molecular complexity index is 1090. The first-order valence-electron chi connectivity index (χ1n) is 11.9. The van der Waals surface area contributed by atoms with Gasteiger partial charge in [0.15, 0.2) is 6.10 Å². The number of anilines is 1. The zero-order valence-corrected chi connectivity index (χ0v) is 20.3. The molecule has 0 aliphatic heterocycles. The molecule has 0 bridgehead atoms. The van der Waals surface area contributed by atoms with E-state index in [0.717, 1.165) is 41.8 Å². The number of unbranched alkanes of at least 4 members (excludes halogenated alkanes) is 1. The van der Waals surface area contributed by atoms with E-state index in [2.05, 4.69) is 22.4 Å². The van der Waals surface area contributed by atoms with Crippen molar-refractivity contribution in [1.82, 2.24) is 10.3 Å². The molecule has 7 heteroatoms. The van der Waals surface area contributed by atoms with Crippen LogP contribution >= 0.6 is 0 Å². The maximum Gasteiger partial charge on any atom is 0.333 e. The van der Waals surface area contributed by atoms with Crippen LogP contribution in [0.5, 0.6) is 0 Å². The van der Waals surface area contributed by atoms with E-state index < -0.39 is 12.1 Å². The van der Waals surface area contributed by atoms with Crippen molar-refractivity contribution in [3.8, 4) is 11.3 Å². The average Bonchev–Trinajstić information content (AvgIpc) is 2.88. The van der Waals surface area contributed by atoms with Crippen molar-refractivity contribution < 1.29 is 19.4 Å². The van der Waals surface area contributed by atoms with E-state index in [9.17, 15) is 14.7 Å². The summed E-state index contributed by atoms with van der Waals surface area (Å²) < 4.78 is 5.29. The number of aryl methyl sites for hydroxylation is 1. The largest absolute Gasteiger partial charge is 0.479 e. The molecule has 0 spiro atoms. The van der Waals surface area contributed by atoms with Gasteiger partial charge in [-0.1, -0.05) is 54.6 Å². The average molecular weight is 476 g/mol. The molecule has 1 aromatic heterocycles. The third-order valence-electron chi connectivity index (χ3n) is 5.76. The number of aromatic nitrogens is 1. The zero-order chi connectivity index (χ0) is 25.0. The Morgan fingerprint density at radius 2 is 1.77 bits per heavy atom. The number of urea groups is 1. The maximum absolute atomic E-state index is 12.6. The number of benzene rings is 2. The topological polar surface area (TPSA) is 91.8 Å². The van der Waals surface area contributed by atoms with Crippen LogP contribution < -0.4 is 10.2 Å². The molecule has 184 valence electrons. The number of carboxylic acid groups (broad SMARTS) is 1. The highest BCUT2D eigenvalue weighted by Crippen LogP contribution is 2.23. The van der Waals surface area contributed by atoms with E-state index in [1.807, 2.05) is 48.5 Å². The lowest BCUT2D eigenvalue weighted by molar-refractivity contribution is -0.149. The number of carbonyl (C=O) groups excluding carboxylic acids is 1. The summed E-state index contributed by atoms with van der Waals surface area (Å²) in [4.78, 5) is 30.0. The first kappa shape index (κ1) is 25.9. The molecule has 0 radical (unpaired) electrons. The number of pyridine rings is 1. The van der Waals surface area contributed by atoms with Crippen LogP contribution in [-0.4, -0.2) is 48.4 Å². The number of hydrogen-bond donors (Lipinski definition) is 2. The smallest absolute Gasteiger partial charge is 0.333 e. The number of carbonyl (C=O) groups is 2.